The molecule has 0 saturated carbocycles. The van der Waals surface area contributed by atoms with Crippen LogP contribution in [0.2, 0.25) is 0 Å². The Balaban J connectivity index is 2.09. The lowest BCUT2D eigenvalue weighted by Gasteiger charge is -2.10. The first kappa shape index (κ1) is 13.8. The fraction of sp³-hybridized carbons (Fsp3) is 0.214. The Morgan fingerprint density at radius 1 is 1.25 bits per heavy atom. The number of carbonyl (C=O) groups excluding carboxylic acids is 1. The molecule has 20 heavy (non-hydrogen) atoms. The predicted molar refractivity (Wildman–Crippen MR) is 73.7 cm³/mol. The Bertz CT molecular complexity index is 602. The van der Waals surface area contributed by atoms with Crippen LogP contribution in [-0.2, 0) is 11.3 Å². The molecule has 6 nitrogen and oxygen atoms in total. The van der Waals surface area contributed by atoms with Crippen LogP contribution in [-0.4, -0.2) is 30.2 Å². The minimum atomic E-state index is -0.564. The summed E-state index contributed by atoms with van der Waals surface area (Å²) in [6.07, 6.45) is 1.50. The first-order valence-electron chi connectivity index (χ1n) is 6.01. The van der Waals surface area contributed by atoms with E-state index in [9.17, 15) is 4.79 Å². The Hall–Kier alpha value is -2.63. The number of nitrogens with zero attached hydrogens (tertiary/aromatic N) is 2. The van der Waals surface area contributed by atoms with Gasteiger partial charge in [-0.15, -0.1) is 0 Å². The zero-order valence-electron chi connectivity index (χ0n) is 11.3. The molecule has 6 heteroatoms. The highest BCUT2D eigenvalue weighted by Gasteiger charge is 2.09. The zero-order valence-corrected chi connectivity index (χ0v) is 11.3. The third-order valence-electron chi connectivity index (χ3n) is 2.68. The SMILES string of the molecule is COC(=O)c1nccc(NCc2ccccc2OC)n1. The van der Waals surface area contributed by atoms with Crippen LogP contribution in [0.5, 0.6) is 5.75 Å². The van der Waals surface area contributed by atoms with E-state index in [2.05, 4.69) is 20.0 Å². The average molecular weight is 273 g/mol. The number of esters is 1. The maximum absolute atomic E-state index is 11.3. The Labute approximate surface area is 116 Å². The molecule has 1 heterocycles. The monoisotopic (exact) mass is 273 g/mol. The van der Waals surface area contributed by atoms with Gasteiger partial charge in [0.05, 0.1) is 14.2 Å². The molecule has 0 saturated heterocycles. The maximum atomic E-state index is 11.3. The van der Waals surface area contributed by atoms with Gasteiger partial charge in [-0.3, -0.25) is 0 Å². The van der Waals surface area contributed by atoms with E-state index in [1.165, 1.54) is 13.3 Å². The van der Waals surface area contributed by atoms with Gasteiger partial charge in [0.1, 0.15) is 11.6 Å². The second kappa shape index (κ2) is 6.51. The number of hydrogen-bond donors (Lipinski definition) is 1. The average Bonchev–Trinajstić information content (AvgIpc) is 2.52. The highest BCUT2D eigenvalue weighted by atomic mass is 16.5. The van der Waals surface area contributed by atoms with Crippen LogP contribution in [0.25, 0.3) is 0 Å². The molecule has 1 aromatic carbocycles. The summed E-state index contributed by atoms with van der Waals surface area (Å²) in [7, 11) is 2.92. The van der Waals surface area contributed by atoms with Crippen molar-refractivity contribution in [2.45, 2.75) is 6.54 Å². The zero-order chi connectivity index (χ0) is 14.4. The van der Waals surface area contributed by atoms with Crippen LogP contribution in [0.1, 0.15) is 16.2 Å². The number of rotatable bonds is 5. The minimum Gasteiger partial charge on any atom is -0.496 e. The quantitative estimate of drug-likeness (QED) is 0.838. The minimum absolute atomic E-state index is 0.0255. The van der Waals surface area contributed by atoms with Crippen molar-refractivity contribution >= 4 is 11.8 Å². The molecule has 0 spiro atoms. The molecule has 0 atom stereocenters. The summed E-state index contributed by atoms with van der Waals surface area (Å²) < 4.78 is 9.85. The number of hydrogen-bond acceptors (Lipinski definition) is 6. The van der Waals surface area contributed by atoms with E-state index in [0.717, 1.165) is 11.3 Å². The van der Waals surface area contributed by atoms with Gasteiger partial charge in [0.15, 0.2) is 0 Å². The van der Waals surface area contributed by atoms with Crippen LogP contribution in [0.15, 0.2) is 36.5 Å². The molecule has 0 aliphatic carbocycles. The second-order valence-electron chi connectivity index (χ2n) is 3.92. The van der Waals surface area contributed by atoms with Gasteiger partial charge in [0, 0.05) is 18.3 Å². The molecule has 0 amide bonds. The molecule has 104 valence electrons. The van der Waals surface area contributed by atoms with Crippen molar-refractivity contribution in [1.29, 1.82) is 0 Å². The molecule has 1 aromatic heterocycles. The van der Waals surface area contributed by atoms with Gasteiger partial charge in [0.25, 0.3) is 0 Å². The highest BCUT2D eigenvalue weighted by molar-refractivity contribution is 5.85. The van der Waals surface area contributed by atoms with E-state index in [0.29, 0.717) is 12.4 Å². The van der Waals surface area contributed by atoms with Crippen molar-refractivity contribution in [3.63, 3.8) is 0 Å². The molecule has 2 rings (SSSR count). The number of methoxy groups -OCH3 is 2. The van der Waals surface area contributed by atoms with Gasteiger partial charge in [-0.1, -0.05) is 18.2 Å². The van der Waals surface area contributed by atoms with Gasteiger partial charge in [-0.25, -0.2) is 14.8 Å². The summed E-state index contributed by atoms with van der Waals surface area (Å²) >= 11 is 0. The van der Waals surface area contributed by atoms with Crippen molar-refractivity contribution in [3.05, 3.63) is 47.9 Å². The van der Waals surface area contributed by atoms with Crippen molar-refractivity contribution in [2.75, 3.05) is 19.5 Å². The molecule has 0 aliphatic heterocycles. The van der Waals surface area contributed by atoms with Gasteiger partial charge in [-0.05, 0) is 12.1 Å². The fourth-order valence-corrected chi connectivity index (χ4v) is 1.68. The smallest absolute Gasteiger partial charge is 0.376 e. The van der Waals surface area contributed by atoms with Gasteiger partial charge in [0.2, 0.25) is 5.82 Å². The molecule has 0 bridgehead atoms. The molecular weight excluding hydrogens is 258 g/mol. The van der Waals surface area contributed by atoms with Crippen LogP contribution in [0, 0.1) is 0 Å². The van der Waals surface area contributed by atoms with Crippen LogP contribution >= 0.6 is 0 Å². The van der Waals surface area contributed by atoms with E-state index in [-0.39, 0.29) is 5.82 Å². The van der Waals surface area contributed by atoms with Gasteiger partial charge < -0.3 is 14.8 Å². The molecule has 0 radical (unpaired) electrons. The number of anilines is 1. The topological polar surface area (TPSA) is 73.3 Å². The lowest BCUT2D eigenvalue weighted by Crippen LogP contribution is -2.10. The fourth-order valence-electron chi connectivity index (χ4n) is 1.68. The molecule has 2 aromatic rings. The standard InChI is InChI=1S/C14H15N3O3/c1-19-11-6-4-3-5-10(11)9-16-12-7-8-15-13(17-12)14(18)20-2/h3-8H,9H2,1-2H3,(H,15,16,17). The highest BCUT2D eigenvalue weighted by Crippen LogP contribution is 2.18. The molecule has 1 N–H and O–H groups in total. The normalized spacial score (nSPS) is 9.90. The number of benzene rings is 1. The van der Waals surface area contributed by atoms with E-state index in [1.807, 2.05) is 24.3 Å². The third kappa shape index (κ3) is 3.23. The number of aromatic nitrogens is 2. The van der Waals surface area contributed by atoms with Crippen molar-refractivity contribution in [1.82, 2.24) is 9.97 Å². The lowest BCUT2D eigenvalue weighted by atomic mass is 10.2. The summed E-state index contributed by atoms with van der Waals surface area (Å²) in [5, 5.41) is 3.12. The van der Waals surface area contributed by atoms with Gasteiger partial charge >= 0.3 is 5.97 Å². The van der Waals surface area contributed by atoms with E-state index in [1.54, 1.807) is 13.2 Å². The van der Waals surface area contributed by atoms with Crippen LogP contribution < -0.4 is 10.1 Å². The summed E-state index contributed by atoms with van der Waals surface area (Å²) in [6.45, 7) is 0.529. The summed E-state index contributed by atoms with van der Waals surface area (Å²) in [4.78, 5) is 19.3. The first-order chi connectivity index (χ1) is 9.74. The maximum Gasteiger partial charge on any atom is 0.376 e. The first-order valence-corrected chi connectivity index (χ1v) is 6.01. The summed E-state index contributed by atoms with van der Waals surface area (Å²) in [5.74, 6) is 0.803. The Kier molecular flexibility index (Phi) is 4.49. The van der Waals surface area contributed by atoms with Crippen molar-refractivity contribution in [3.8, 4) is 5.75 Å². The molecule has 0 unspecified atom stereocenters. The van der Waals surface area contributed by atoms with Crippen molar-refractivity contribution in [2.24, 2.45) is 0 Å². The second-order valence-corrected chi connectivity index (χ2v) is 3.92. The Morgan fingerprint density at radius 3 is 2.80 bits per heavy atom. The number of nitrogens with one attached hydrogen (secondary N) is 1. The van der Waals surface area contributed by atoms with Crippen molar-refractivity contribution < 1.29 is 14.3 Å². The lowest BCUT2D eigenvalue weighted by molar-refractivity contribution is 0.0587. The molecule has 0 aliphatic rings. The largest absolute Gasteiger partial charge is 0.496 e. The molecule has 0 fully saturated rings. The predicted octanol–water partition coefficient (Wildman–Crippen LogP) is 1.88. The summed E-state index contributed by atoms with van der Waals surface area (Å²) in [5.41, 5.74) is 0.994. The summed E-state index contributed by atoms with van der Waals surface area (Å²) in [6, 6.07) is 9.36. The number of para-hydroxylation sites is 1. The van der Waals surface area contributed by atoms with Gasteiger partial charge in [-0.2, -0.15) is 0 Å². The van der Waals surface area contributed by atoms with Crippen LogP contribution in [0.3, 0.4) is 0 Å². The third-order valence-corrected chi connectivity index (χ3v) is 2.68. The Morgan fingerprint density at radius 2 is 2.05 bits per heavy atom. The van der Waals surface area contributed by atoms with Crippen LogP contribution in [0.4, 0.5) is 5.82 Å². The van der Waals surface area contributed by atoms with E-state index < -0.39 is 5.97 Å². The van der Waals surface area contributed by atoms with E-state index in [4.69, 9.17) is 4.74 Å². The molecular formula is C14H15N3O3. The number of ether oxygens (including phenoxy) is 2. The van der Waals surface area contributed by atoms with E-state index >= 15 is 0 Å². The number of carbonyl (C=O) groups is 1.